The normalized spacial score (nSPS) is 15.1. The highest BCUT2D eigenvalue weighted by Crippen LogP contribution is 2.13. The molecule has 0 atom stereocenters. The van der Waals surface area contributed by atoms with E-state index in [9.17, 15) is 17.6 Å². The number of halogens is 1. The summed E-state index contributed by atoms with van der Waals surface area (Å²) in [6.45, 7) is 3.34. The third kappa shape index (κ3) is 5.33. The average Bonchev–Trinajstić information content (AvgIpc) is 3.32. The third-order valence-corrected chi connectivity index (χ3v) is 6.07. The second kappa shape index (κ2) is 8.57. The van der Waals surface area contributed by atoms with Crippen molar-refractivity contribution >= 4 is 15.7 Å². The van der Waals surface area contributed by atoms with E-state index in [0.29, 0.717) is 6.54 Å². The Labute approximate surface area is 156 Å². The lowest BCUT2D eigenvalue weighted by Crippen LogP contribution is -2.33. The number of nitrogens with zero attached hydrogens (tertiary/aromatic N) is 3. The van der Waals surface area contributed by atoms with Crippen molar-refractivity contribution in [1.29, 1.82) is 0 Å². The van der Waals surface area contributed by atoms with Crippen molar-refractivity contribution in [3.63, 3.8) is 0 Å². The highest BCUT2D eigenvalue weighted by Gasteiger charge is 2.19. The monoisotopic (exact) mass is 396 g/mol. The molecule has 3 rings (SSSR count). The van der Waals surface area contributed by atoms with Crippen LogP contribution in [-0.2, 0) is 16.3 Å². The Kier molecular flexibility index (Phi) is 6.17. The van der Waals surface area contributed by atoms with E-state index in [1.165, 1.54) is 25.0 Å². The number of hydrogen-bond acceptors (Lipinski definition) is 7. The van der Waals surface area contributed by atoms with Crippen LogP contribution in [0.2, 0.25) is 0 Å². The molecule has 8 nitrogen and oxygen atoms in total. The number of likely N-dealkylation sites (tertiary alicyclic amines) is 1. The molecule has 0 unspecified atom stereocenters. The summed E-state index contributed by atoms with van der Waals surface area (Å²) in [5.74, 6) is -1.31. The van der Waals surface area contributed by atoms with Gasteiger partial charge in [0.2, 0.25) is 0 Å². The molecule has 0 radical (unpaired) electrons. The van der Waals surface area contributed by atoms with Crippen molar-refractivity contribution < 1.29 is 22.1 Å². The van der Waals surface area contributed by atoms with E-state index in [2.05, 4.69) is 20.4 Å². The Hall–Kier alpha value is -2.33. The molecule has 146 valence electrons. The van der Waals surface area contributed by atoms with Gasteiger partial charge in [-0.1, -0.05) is 5.16 Å². The lowest BCUT2D eigenvalue weighted by atomic mass is 10.4. The number of nitrogens with one attached hydrogen (secondary N) is 1. The summed E-state index contributed by atoms with van der Waals surface area (Å²) >= 11 is 0. The highest BCUT2D eigenvalue weighted by atomic mass is 32.2. The van der Waals surface area contributed by atoms with Crippen molar-refractivity contribution in [2.24, 2.45) is 0 Å². The molecule has 0 bridgehead atoms. The van der Waals surface area contributed by atoms with E-state index in [4.69, 9.17) is 4.52 Å². The van der Waals surface area contributed by atoms with Gasteiger partial charge in [-0.15, -0.1) is 0 Å². The smallest absolute Gasteiger partial charge is 0.315 e. The predicted octanol–water partition coefficient (Wildman–Crippen LogP) is 1.05. The zero-order chi connectivity index (χ0) is 19.3. The first kappa shape index (κ1) is 19.4. The van der Waals surface area contributed by atoms with Crippen molar-refractivity contribution in [2.45, 2.75) is 24.2 Å². The second-order valence-corrected chi connectivity index (χ2v) is 8.45. The number of amides is 1. The molecule has 1 aliphatic rings. The van der Waals surface area contributed by atoms with Crippen molar-refractivity contribution in [3.8, 4) is 0 Å². The summed E-state index contributed by atoms with van der Waals surface area (Å²) in [5, 5.41) is 6.36. The number of rotatable bonds is 8. The van der Waals surface area contributed by atoms with Gasteiger partial charge in [-0.3, -0.25) is 4.79 Å². The SMILES string of the molecule is O=C(NCCN1CCCC1)c1nc(CCS(=O)(=O)c2ccc(F)cc2)no1. The standard InChI is InChI=1S/C17H21FN4O4S/c18-13-3-5-14(6-4-13)27(24,25)12-7-15-20-17(26-21-15)16(23)19-8-11-22-9-1-2-10-22/h3-6H,1-2,7-12H2,(H,19,23). The number of carbonyl (C=O) groups is 1. The quantitative estimate of drug-likeness (QED) is 0.665. The van der Waals surface area contributed by atoms with Crippen LogP contribution in [0.3, 0.4) is 0 Å². The van der Waals surface area contributed by atoms with Crippen LogP contribution in [0.5, 0.6) is 0 Å². The number of aromatic nitrogens is 2. The van der Waals surface area contributed by atoms with Gasteiger partial charge in [-0.05, 0) is 50.2 Å². The molecule has 10 heteroatoms. The van der Waals surface area contributed by atoms with Gasteiger partial charge >= 0.3 is 11.8 Å². The molecule has 0 aliphatic carbocycles. The summed E-state index contributed by atoms with van der Waals surface area (Å²) in [4.78, 5) is 18.2. The van der Waals surface area contributed by atoms with E-state index in [1.807, 2.05) is 0 Å². The lowest BCUT2D eigenvalue weighted by molar-refractivity contribution is 0.0906. The van der Waals surface area contributed by atoms with Gasteiger partial charge in [-0.2, -0.15) is 4.98 Å². The molecule has 1 N–H and O–H groups in total. The average molecular weight is 396 g/mol. The van der Waals surface area contributed by atoms with E-state index in [1.54, 1.807) is 0 Å². The first-order valence-corrected chi connectivity index (χ1v) is 10.4. The molecule has 0 saturated carbocycles. The lowest BCUT2D eigenvalue weighted by Gasteiger charge is -2.13. The van der Waals surface area contributed by atoms with Crippen LogP contribution in [-0.4, -0.2) is 61.3 Å². The minimum absolute atomic E-state index is 0.00966. The fourth-order valence-corrected chi connectivity index (χ4v) is 4.08. The van der Waals surface area contributed by atoms with Crippen LogP contribution in [0.25, 0.3) is 0 Å². The van der Waals surface area contributed by atoms with Gasteiger partial charge in [0.25, 0.3) is 0 Å². The predicted molar refractivity (Wildman–Crippen MR) is 94.5 cm³/mol. The summed E-state index contributed by atoms with van der Waals surface area (Å²) < 4.78 is 42.3. The first-order chi connectivity index (χ1) is 12.9. The molecule has 1 fully saturated rings. The van der Waals surface area contributed by atoms with Crippen molar-refractivity contribution in [1.82, 2.24) is 20.4 Å². The fraction of sp³-hybridized carbons (Fsp3) is 0.471. The Balaban J connectivity index is 1.49. The van der Waals surface area contributed by atoms with Gasteiger partial charge in [0.15, 0.2) is 15.7 Å². The summed E-state index contributed by atoms with van der Waals surface area (Å²) in [6.07, 6.45) is 2.36. The van der Waals surface area contributed by atoms with Gasteiger partial charge in [0.05, 0.1) is 10.6 Å². The maximum atomic E-state index is 12.9. The number of hydrogen-bond donors (Lipinski definition) is 1. The molecule has 2 heterocycles. The molecule has 1 saturated heterocycles. The van der Waals surface area contributed by atoms with Gasteiger partial charge < -0.3 is 14.7 Å². The summed E-state index contributed by atoms with van der Waals surface area (Å²) in [7, 11) is -3.60. The Morgan fingerprint density at radius 2 is 1.93 bits per heavy atom. The van der Waals surface area contributed by atoms with E-state index in [-0.39, 0.29) is 28.8 Å². The molecule has 2 aromatic rings. The minimum atomic E-state index is -3.60. The number of benzene rings is 1. The summed E-state index contributed by atoms with van der Waals surface area (Å²) in [5.41, 5.74) is 0. The Bertz CT molecular complexity index is 877. The summed E-state index contributed by atoms with van der Waals surface area (Å²) in [6, 6.07) is 4.60. The van der Waals surface area contributed by atoms with Gasteiger partial charge in [0.1, 0.15) is 5.82 Å². The Morgan fingerprint density at radius 3 is 2.63 bits per heavy atom. The van der Waals surface area contributed by atoms with Crippen LogP contribution in [0, 0.1) is 5.82 Å². The molecule has 27 heavy (non-hydrogen) atoms. The minimum Gasteiger partial charge on any atom is -0.347 e. The molecule has 0 spiro atoms. The molecular weight excluding hydrogens is 375 g/mol. The molecule has 1 amide bonds. The number of carbonyl (C=O) groups excluding carboxylic acids is 1. The molecular formula is C17H21FN4O4S. The zero-order valence-corrected chi connectivity index (χ0v) is 15.5. The topological polar surface area (TPSA) is 105 Å². The number of sulfone groups is 1. The Morgan fingerprint density at radius 1 is 1.22 bits per heavy atom. The highest BCUT2D eigenvalue weighted by molar-refractivity contribution is 7.91. The molecule has 1 aromatic carbocycles. The molecule has 1 aliphatic heterocycles. The van der Waals surface area contributed by atoms with E-state index in [0.717, 1.165) is 31.8 Å². The maximum absolute atomic E-state index is 12.9. The maximum Gasteiger partial charge on any atom is 0.315 e. The van der Waals surface area contributed by atoms with Crippen LogP contribution in [0.1, 0.15) is 29.4 Å². The first-order valence-electron chi connectivity index (χ1n) is 8.75. The van der Waals surface area contributed by atoms with E-state index < -0.39 is 21.6 Å². The fourth-order valence-electron chi connectivity index (χ4n) is 2.84. The van der Waals surface area contributed by atoms with Crippen LogP contribution >= 0.6 is 0 Å². The second-order valence-electron chi connectivity index (χ2n) is 6.34. The largest absolute Gasteiger partial charge is 0.347 e. The van der Waals surface area contributed by atoms with Gasteiger partial charge in [0, 0.05) is 19.5 Å². The number of aryl methyl sites for hydroxylation is 1. The van der Waals surface area contributed by atoms with Crippen molar-refractivity contribution in [3.05, 3.63) is 41.8 Å². The zero-order valence-electron chi connectivity index (χ0n) is 14.7. The molecule has 1 aromatic heterocycles. The van der Waals surface area contributed by atoms with Crippen LogP contribution in [0.15, 0.2) is 33.7 Å². The van der Waals surface area contributed by atoms with E-state index >= 15 is 0 Å². The van der Waals surface area contributed by atoms with Crippen LogP contribution in [0.4, 0.5) is 4.39 Å². The third-order valence-electron chi connectivity index (χ3n) is 4.34. The van der Waals surface area contributed by atoms with Gasteiger partial charge in [-0.25, -0.2) is 12.8 Å². The van der Waals surface area contributed by atoms with Crippen LogP contribution < -0.4 is 5.32 Å². The van der Waals surface area contributed by atoms with Crippen molar-refractivity contribution in [2.75, 3.05) is 31.9 Å².